The Balaban J connectivity index is 1.56. The first kappa shape index (κ1) is 15.1. The van der Waals surface area contributed by atoms with Gasteiger partial charge in [-0.3, -0.25) is 4.68 Å². The first-order valence-electron chi connectivity index (χ1n) is 8.21. The molecule has 1 saturated heterocycles. The Bertz CT molecular complexity index is 578. The van der Waals surface area contributed by atoms with E-state index in [4.69, 9.17) is 0 Å². The van der Waals surface area contributed by atoms with Crippen LogP contribution in [-0.4, -0.2) is 47.4 Å². The number of anilines is 1. The minimum atomic E-state index is 0.641. The molecule has 2 aromatic rings. The highest BCUT2D eigenvalue weighted by molar-refractivity contribution is 5.46. The summed E-state index contributed by atoms with van der Waals surface area (Å²) in [5.74, 6) is 0. The maximum absolute atomic E-state index is 4.25. The second kappa shape index (κ2) is 6.97. The average molecular weight is 298 g/mol. The molecule has 1 aromatic heterocycles. The molecule has 4 nitrogen and oxygen atoms in total. The maximum atomic E-state index is 4.25. The van der Waals surface area contributed by atoms with Gasteiger partial charge in [-0.05, 0) is 38.1 Å². The van der Waals surface area contributed by atoms with Crippen LogP contribution in [0.1, 0.15) is 18.5 Å². The largest absolute Gasteiger partial charge is 0.370 e. The monoisotopic (exact) mass is 298 g/mol. The van der Waals surface area contributed by atoms with Gasteiger partial charge in [0.15, 0.2) is 0 Å². The van der Waals surface area contributed by atoms with Gasteiger partial charge in [-0.25, -0.2) is 0 Å². The molecule has 3 rings (SSSR count). The summed E-state index contributed by atoms with van der Waals surface area (Å²) in [6, 6.07) is 13.5. The molecule has 1 fully saturated rings. The molecule has 1 aromatic carbocycles. The smallest absolute Gasteiger partial charge is 0.0492 e. The van der Waals surface area contributed by atoms with Gasteiger partial charge in [0.2, 0.25) is 0 Å². The minimum Gasteiger partial charge on any atom is -0.370 e. The summed E-state index contributed by atoms with van der Waals surface area (Å²) >= 11 is 0. The second-order valence-electron chi connectivity index (χ2n) is 6.25. The number of aromatic nitrogens is 2. The molecule has 0 bridgehead atoms. The van der Waals surface area contributed by atoms with Gasteiger partial charge in [-0.15, -0.1) is 0 Å². The number of likely N-dealkylation sites (N-methyl/N-ethyl adjacent to an activating group) is 1. The van der Waals surface area contributed by atoms with Gasteiger partial charge >= 0.3 is 0 Å². The van der Waals surface area contributed by atoms with Crippen molar-refractivity contribution in [2.24, 2.45) is 7.05 Å². The van der Waals surface area contributed by atoms with Crippen LogP contribution in [0.2, 0.25) is 0 Å². The predicted molar refractivity (Wildman–Crippen MR) is 91.2 cm³/mol. The third-order valence-electron chi connectivity index (χ3n) is 4.78. The van der Waals surface area contributed by atoms with E-state index in [0.717, 1.165) is 19.5 Å². The molecule has 0 aliphatic carbocycles. The van der Waals surface area contributed by atoms with Gasteiger partial charge in [-0.1, -0.05) is 18.2 Å². The fourth-order valence-electron chi connectivity index (χ4n) is 3.31. The molecule has 1 atom stereocenters. The third-order valence-corrected chi connectivity index (χ3v) is 4.78. The molecule has 0 saturated carbocycles. The van der Waals surface area contributed by atoms with Crippen molar-refractivity contribution in [3.8, 4) is 0 Å². The molecule has 0 spiro atoms. The number of nitrogens with zero attached hydrogens (tertiary/aromatic N) is 4. The SMILES string of the molecule is CN(CCc1ccnn1C)[C@H]1CCCN(c2ccccc2)C1. The number of piperidine rings is 1. The van der Waals surface area contributed by atoms with Crippen LogP contribution in [0, 0.1) is 0 Å². The summed E-state index contributed by atoms with van der Waals surface area (Å²) in [4.78, 5) is 5.04. The van der Waals surface area contributed by atoms with Crippen molar-refractivity contribution in [2.75, 3.05) is 31.6 Å². The summed E-state index contributed by atoms with van der Waals surface area (Å²) in [5.41, 5.74) is 2.66. The highest BCUT2D eigenvalue weighted by Crippen LogP contribution is 2.21. The summed E-state index contributed by atoms with van der Waals surface area (Å²) in [6.07, 6.45) is 5.52. The van der Waals surface area contributed by atoms with Crippen LogP contribution in [0.5, 0.6) is 0 Å². The summed E-state index contributed by atoms with van der Waals surface area (Å²) in [5, 5.41) is 4.25. The predicted octanol–water partition coefficient (Wildman–Crippen LogP) is 2.56. The zero-order valence-corrected chi connectivity index (χ0v) is 13.7. The van der Waals surface area contributed by atoms with E-state index in [1.165, 1.54) is 30.8 Å². The van der Waals surface area contributed by atoms with Gasteiger partial charge in [-0.2, -0.15) is 5.10 Å². The van der Waals surface area contributed by atoms with E-state index >= 15 is 0 Å². The van der Waals surface area contributed by atoms with Crippen LogP contribution in [0.4, 0.5) is 5.69 Å². The van der Waals surface area contributed by atoms with Crippen molar-refractivity contribution >= 4 is 5.69 Å². The fraction of sp³-hybridized carbons (Fsp3) is 0.500. The van der Waals surface area contributed by atoms with E-state index in [-0.39, 0.29) is 0 Å². The molecule has 2 heterocycles. The standard InChI is InChI=1S/C18H26N4/c1-20(14-11-16-10-12-19-21(16)2)18-9-6-13-22(15-18)17-7-4-3-5-8-17/h3-5,7-8,10,12,18H,6,9,11,13-15H2,1-2H3/t18-/m0/s1. The van der Waals surface area contributed by atoms with Crippen LogP contribution >= 0.6 is 0 Å². The molecule has 0 N–H and O–H groups in total. The first-order valence-corrected chi connectivity index (χ1v) is 8.21. The van der Waals surface area contributed by atoms with Gasteiger partial charge in [0.1, 0.15) is 0 Å². The number of benzene rings is 1. The first-order chi connectivity index (χ1) is 10.7. The van der Waals surface area contributed by atoms with Crippen LogP contribution in [-0.2, 0) is 13.5 Å². The molecule has 118 valence electrons. The summed E-state index contributed by atoms with van der Waals surface area (Å²) < 4.78 is 1.98. The number of hydrogen-bond acceptors (Lipinski definition) is 3. The van der Waals surface area contributed by atoms with Crippen molar-refractivity contribution in [1.82, 2.24) is 14.7 Å². The molecule has 0 unspecified atom stereocenters. The number of rotatable bonds is 5. The molecule has 0 radical (unpaired) electrons. The lowest BCUT2D eigenvalue weighted by Gasteiger charge is -2.39. The van der Waals surface area contributed by atoms with E-state index in [1.807, 2.05) is 17.9 Å². The Morgan fingerprint density at radius 3 is 2.77 bits per heavy atom. The number of aryl methyl sites for hydroxylation is 1. The van der Waals surface area contributed by atoms with Gasteiger partial charge in [0.05, 0.1) is 0 Å². The fourth-order valence-corrected chi connectivity index (χ4v) is 3.31. The minimum absolute atomic E-state index is 0.641. The molecule has 1 aliphatic heterocycles. The van der Waals surface area contributed by atoms with Gasteiger partial charge in [0.25, 0.3) is 0 Å². The zero-order chi connectivity index (χ0) is 15.4. The number of hydrogen-bond donors (Lipinski definition) is 0. The van der Waals surface area contributed by atoms with Crippen molar-refractivity contribution in [3.63, 3.8) is 0 Å². The maximum Gasteiger partial charge on any atom is 0.0492 e. The van der Waals surface area contributed by atoms with Crippen molar-refractivity contribution < 1.29 is 0 Å². The highest BCUT2D eigenvalue weighted by Gasteiger charge is 2.23. The van der Waals surface area contributed by atoms with E-state index in [9.17, 15) is 0 Å². The number of para-hydroxylation sites is 1. The van der Waals surface area contributed by atoms with Crippen molar-refractivity contribution in [1.29, 1.82) is 0 Å². The van der Waals surface area contributed by atoms with Crippen LogP contribution in [0.3, 0.4) is 0 Å². The molecular weight excluding hydrogens is 272 g/mol. The van der Waals surface area contributed by atoms with E-state index < -0.39 is 0 Å². The van der Waals surface area contributed by atoms with Crippen LogP contribution < -0.4 is 4.90 Å². The van der Waals surface area contributed by atoms with Crippen LogP contribution in [0.15, 0.2) is 42.6 Å². The lowest BCUT2D eigenvalue weighted by atomic mass is 10.0. The Labute approximate surface area is 133 Å². The van der Waals surface area contributed by atoms with E-state index in [2.05, 4.69) is 58.3 Å². The lowest BCUT2D eigenvalue weighted by Crippen LogP contribution is -2.47. The Kier molecular flexibility index (Phi) is 4.78. The Morgan fingerprint density at radius 2 is 2.05 bits per heavy atom. The molecule has 22 heavy (non-hydrogen) atoms. The van der Waals surface area contributed by atoms with Crippen molar-refractivity contribution in [2.45, 2.75) is 25.3 Å². The summed E-state index contributed by atoms with van der Waals surface area (Å²) in [6.45, 7) is 3.40. The Hall–Kier alpha value is -1.81. The van der Waals surface area contributed by atoms with Crippen LogP contribution in [0.25, 0.3) is 0 Å². The van der Waals surface area contributed by atoms with Gasteiger partial charge in [0, 0.05) is 56.7 Å². The topological polar surface area (TPSA) is 24.3 Å². The lowest BCUT2D eigenvalue weighted by molar-refractivity contribution is 0.216. The Morgan fingerprint density at radius 1 is 1.23 bits per heavy atom. The summed E-state index contributed by atoms with van der Waals surface area (Å²) in [7, 11) is 4.28. The van der Waals surface area contributed by atoms with E-state index in [1.54, 1.807) is 0 Å². The molecule has 4 heteroatoms. The molecule has 1 aliphatic rings. The molecule has 0 amide bonds. The quantitative estimate of drug-likeness (QED) is 0.848. The average Bonchev–Trinajstić information content (AvgIpc) is 2.99. The second-order valence-corrected chi connectivity index (χ2v) is 6.25. The third kappa shape index (κ3) is 3.50. The highest BCUT2D eigenvalue weighted by atomic mass is 15.3. The van der Waals surface area contributed by atoms with Gasteiger partial charge < -0.3 is 9.80 Å². The molecular formula is C18H26N4. The zero-order valence-electron chi connectivity index (χ0n) is 13.7. The van der Waals surface area contributed by atoms with Crippen molar-refractivity contribution in [3.05, 3.63) is 48.3 Å². The van der Waals surface area contributed by atoms with E-state index in [0.29, 0.717) is 6.04 Å². The normalized spacial score (nSPS) is 18.9.